The maximum atomic E-state index is 12.8. The van der Waals surface area contributed by atoms with Crippen molar-refractivity contribution in [3.05, 3.63) is 65.8 Å². The molecule has 3 N–H and O–H groups in total. The summed E-state index contributed by atoms with van der Waals surface area (Å²) >= 11 is 0. The Bertz CT molecular complexity index is 1200. The molecule has 2 aliphatic carbocycles. The predicted octanol–water partition coefficient (Wildman–Crippen LogP) is 4.66. The zero-order valence-electron chi connectivity index (χ0n) is 16.0. The maximum absolute atomic E-state index is 12.8. The molecule has 1 saturated carbocycles. The summed E-state index contributed by atoms with van der Waals surface area (Å²) in [7, 11) is 0. The SMILES string of the molecule is O=C(Nc1ccc2[nH]nc(-c3ccc4c(c3)CCN4)c2c1)C1CC2=CC=CCC21. The van der Waals surface area contributed by atoms with Crippen molar-refractivity contribution in [3.63, 3.8) is 0 Å². The van der Waals surface area contributed by atoms with Gasteiger partial charge in [-0.05, 0) is 61.1 Å². The Balaban J connectivity index is 1.28. The van der Waals surface area contributed by atoms with Crippen LogP contribution >= 0.6 is 0 Å². The number of hydrogen-bond acceptors (Lipinski definition) is 3. The number of H-pyrrole nitrogens is 1. The van der Waals surface area contributed by atoms with Crippen LogP contribution in [-0.2, 0) is 11.2 Å². The van der Waals surface area contributed by atoms with E-state index in [2.05, 4.69) is 57.3 Å². The molecule has 6 rings (SSSR count). The van der Waals surface area contributed by atoms with Gasteiger partial charge >= 0.3 is 0 Å². The fraction of sp³-hybridized carbons (Fsp3) is 0.250. The lowest BCUT2D eigenvalue weighted by atomic mass is 9.65. The Morgan fingerprint density at radius 2 is 2.14 bits per heavy atom. The third-order valence-corrected chi connectivity index (χ3v) is 6.51. The van der Waals surface area contributed by atoms with Crippen LogP contribution in [0.2, 0.25) is 0 Å². The quantitative estimate of drug-likeness (QED) is 0.617. The number of aromatic amines is 1. The number of nitrogens with one attached hydrogen (secondary N) is 3. The number of anilines is 2. The lowest BCUT2D eigenvalue weighted by molar-refractivity contribution is -0.122. The Labute approximate surface area is 168 Å². The third kappa shape index (κ3) is 2.69. The Hall–Kier alpha value is -3.34. The van der Waals surface area contributed by atoms with E-state index in [0.29, 0.717) is 5.92 Å². The number of rotatable bonds is 3. The summed E-state index contributed by atoms with van der Waals surface area (Å²) in [5.41, 5.74) is 7.79. The molecule has 2 heterocycles. The fourth-order valence-corrected chi connectivity index (χ4v) is 4.84. The van der Waals surface area contributed by atoms with Crippen molar-refractivity contribution in [1.82, 2.24) is 10.2 Å². The van der Waals surface area contributed by atoms with Crippen LogP contribution in [0.25, 0.3) is 22.2 Å². The van der Waals surface area contributed by atoms with E-state index in [-0.39, 0.29) is 11.8 Å². The van der Waals surface area contributed by atoms with Gasteiger partial charge < -0.3 is 10.6 Å². The van der Waals surface area contributed by atoms with Gasteiger partial charge in [-0.15, -0.1) is 0 Å². The minimum Gasteiger partial charge on any atom is -0.384 e. The fourth-order valence-electron chi connectivity index (χ4n) is 4.84. The Morgan fingerprint density at radius 1 is 1.17 bits per heavy atom. The van der Waals surface area contributed by atoms with Crippen LogP contribution in [0.5, 0.6) is 0 Å². The molecule has 0 saturated heterocycles. The molecule has 144 valence electrons. The molecule has 2 unspecified atom stereocenters. The molecule has 1 amide bonds. The average Bonchev–Trinajstić information content (AvgIpc) is 3.34. The number of allylic oxidation sites excluding steroid dienone is 4. The number of nitrogens with zero attached hydrogens (tertiary/aromatic N) is 1. The van der Waals surface area contributed by atoms with E-state index >= 15 is 0 Å². The van der Waals surface area contributed by atoms with Crippen molar-refractivity contribution in [2.45, 2.75) is 19.3 Å². The molecule has 3 aliphatic rings. The van der Waals surface area contributed by atoms with E-state index in [1.165, 1.54) is 16.8 Å². The lowest BCUT2D eigenvalue weighted by Crippen LogP contribution is -2.39. The molecule has 1 aliphatic heterocycles. The van der Waals surface area contributed by atoms with E-state index in [4.69, 9.17) is 0 Å². The smallest absolute Gasteiger partial charge is 0.228 e. The van der Waals surface area contributed by atoms with Crippen molar-refractivity contribution in [1.29, 1.82) is 0 Å². The first-order chi connectivity index (χ1) is 14.3. The van der Waals surface area contributed by atoms with Gasteiger partial charge in [0.25, 0.3) is 0 Å². The normalized spacial score (nSPS) is 21.7. The topological polar surface area (TPSA) is 69.8 Å². The van der Waals surface area contributed by atoms with Gasteiger partial charge in [0, 0.05) is 34.8 Å². The molecule has 0 spiro atoms. The number of aromatic nitrogens is 2. The van der Waals surface area contributed by atoms with Crippen LogP contribution in [0.1, 0.15) is 18.4 Å². The van der Waals surface area contributed by atoms with Gasteiger partial charge in [-0.2, -0.15) is 5.10 Å². The van der Waals surface area contributed by atoms with Gasteiger partial charge in [-0.3, -0.25) is 9.89 Å². The molecule has 2 aromatic carbocycles. The molecule has 5 nitrogen and oxygen atoms in total. The number of hydrogen-bond donors (Lipinski definition) is 3. The second kappa shape index (κ2) is 6.34. The van der Waals surface area contributed by atoms with Crippen molar-refractivity contribution in [3.8, 4) is 11.3 Å². The highest BCUT2D eigenvalue weighted by molar-refractivity contribution is 5.99. The first-order valence-electron chi connectivity index (χ1n) is 10.3. The van der Waals surface area contributed by atoms with E-state index in [1.807, 2.05) is 18.2 Å². The third-order valence-electron chi connectivity index (χ3n) is 6.51. The first-order valence-corrected chi connectivity index (χ1v) is 10.3. The molecule has 1 fully saturated rings. The van der Waals surface area contributed by atoms with Crippen molar-refractivity contribution in [2.75, 3.05) is 17.2 Å². The second-order valence-electron chi connectivity index (χ2n) is 8.19. The largest absolute Gasteiger partial charge is 0.384 e. The van der Waals surface area contributed by atoms with E-state index < -0.39 is 0 Å². The summed E-state index contributed by atoms with van der Waals surface area (Å²) < 4.78 is 0. The van der Waals surface area contributed by atoms with Gasteiger partial charge in [0.2, 0.25) is 5.91 Å². The summed E-state index contributed by atoms with van der Waals surface area (Å²) in [6, 6.07) is 12.4. The molecule has 0 radical (unpaired) electrons. The van der Waals surface area contributed by atoms with Crippen LogP contribution in [0, 0.1) is 11.8 Å². The van der Waals surface area contributed by atoms with Crippen molar-refractivity contribution < 1.29 is 4.79 Å². The summed E-state index contributed by atoms with van der Waals surface area (Å²) in [4.78, 5) is 12.8. The predicted molar refractivity (Wildman–Crippen MR) is 116 cm³/mol. The summed E-state index contributed by atoms with van der Waals surface area (Å²) in [6.45, 7) is 0.991. The number of amides is 1. The molecule has 29 heavy (non-hydrogen) atoms. The van der Waals surface area contributed by atoms with Crippen LogP contribution < -0.4 is 10.6 Å². The molecule has 2 atom stereocenters. The van der Waals surface area contributed by atoms with Gasteiger partial charge in [0.1, 0.15) is 0 Å². The Kier molecular flexibility index (Phi) is 3.63. The van der Waals surface area contributed by atoms with Crippen LogP contribution in [0.3, 0.4) is 0 Å². The zero-order chi connectivity index (χ0) is 19.4. The lowest BCUT2D eigenvalue weighted by Gasteiger charge is -2.39. The minimum atomic E-state index is 0.0786. The minimum absolute atomic E-state index is 0.0786. The summed E-state index contributed by atoms with van der Waals surface area (Å²) in [5.74, 6) is 0.582. The molecule has 3 aromatic rings. The summed E-state index contributed by atoms with van der Waals surface area (Å²) in [6.07, 6.45) is 9.31. The zero-order valence-corrected chi connectivity index (χ0v) is 16.0. The number of benzene rings is 2. The van der Waals surface area contributed by atoms with Crippen molar-refractivity contribution >= 4 is 28.2 Å². The highest BCUT2D eigenvalue weighted by atomic mass is 16.1. The standard InChI is InChI=1S/C24H22N4O/c29-24(19-12-14-3-1-2-4-18(14)19)26-17-6-8-22-20(13-17)23(28-27-22)16-5-7-21-15(11-16)9-10-25-21/h1-3,5-8,11,13,18-19,25H,4,9-10,12H2,(H,26,29)(H,27,28). The van der Waals surface area contributed by atoms with Gasteiger partial charge in [-0.25, -0.2) is 0 Å². The van der Waals surface area contributed by atoms with Crippen molar-refractivity contribution in [2.24, 2.45) is 11.8 Å². The summed E-state index contributed by atoms with van der Waals surface area (Å²) in [5, 5.41) is 15.2. The maximum Gasteiger partial charge on any atom is 0.228 e. The second-order valence-corrected chi connectivity index (χ2v) is 8.19. The molecule has 5 heteroatoms. The van der Waals surface area contributed by atoms with Gasteiger partial charge in [0.05, 0.1) is 11.2 Å². The van der Waals surface area contributed by atoms with Crippen LogP contribution in [0.4, 0.5) is 11.4 Å². The molecule has 0 bridgehead atoms. The van der Waals surface area contributed by atoms with Crippen LogP contribution in [-0.4, -0.2) is 22.6 Å². The molecular formula is C24H22N4O. The average molecular weight is 382 g/mol. The Morgan fingerprint density at radius 3 is 3.07 bits per heavy atom. The molecular weight excluding hydrogens is 360 g/mol. The van der Waals surface area contributed by atoms with E-state index in [0.717, 1.165) is 53.7 Å². The van der Waals surface area contributed by atoms with E-state index in [9.17, 15) is 4.79 Å². The number of carbonyl (C=O) groups excluding carboxylic acids is 1. The first kappa shape index (κ1) is 16.6. The van der Waals surface area contributed by atoms with Crippen LogP contribution in [0.15, 0.2) is 60.2 Å². The van der Waals surface area contributed by atoms with E-state index in [1.54, 1.807) is 0 Å². The van der Waals surface area contributed by atoms with Gasteiger partial charge in [0.15, 0.2) is 0 Å². The highest BCUT2D eigenvalue weighted by Gasteiger charge is 2.40. The van der Waals surface area contributed by atoms with Gasteiger partial charge in [-0.1, -0.05) is 29.9 Å². The monoisotopic (exact) mass is 382 g/mol. The molecule has 1 aromatic heterocycles. The number of carbonyl (C=O) groups is 1. The number of fused-ring (bicyclic) bond motifs is 3. The highest BCUT2D eigenvalue weighted by Crippen LogP contribution is 2.44.